The maximum atomic E-state index is 13.1. The van der Waals surface area contributed by atoms with Crippen LogP contribution in [0.3, 0.4) is 0 Å². The molecule has 3 aromatic carbocycles. The Labute approximate surface area is 195 Å². The minimum absolute atomic E-state index is 0.0777. The third-order valence-corrected chi connectivity index (χ3v) is 5.81. The number of likely N-dealkylation sites (N-methyl/N-ethyl adjacent to an activating group) is 1. The number of nitrogens with one attached hydrogen (secondary N) is 1. The Hall–Kier alpha value is -3.45. The van der Waals surface area contributed by atoms with Crippen molar-refractivity contribution in [2.24, 2.45) is 0 Å². The summed E-state index contributed by atoms with van der Waals surface area (Å²) in [6.07, 6.45) is 0. The van der Waals surface area contributed by atoms with Gasteiger partial charge in [0.2, 0.25) is 5.91 Å². The number of para-hydroxylation sites is 3. The van der Waals surface area contributed by atoms with E-state index in [2.05, 4.69) is 21.2 Å². The van der Waals surface area contributed by atoms with E-state index in [-0.39, 0.29) is 18.4 Å². The maximum Gasteiger partial charge on any atom is 0.251 e. The summed E-state index contributed by atoms with van der Waals surface area (Å²) in [6, 6.07) is 24.0. The first-order valence-electron chi connectivity index (χ1n) is 10.3. The van der Waals surface area contributed by atoms with E-state index in [1.807, 2.05) is 78.2 Å². The highest BCUT2D eigenvalue weighted by molar-refractivity contribution is 9.10. The number of hydrogen-bond acceptors (Lipinski definition) is 3. The summed E-state index contributed by atoms with van der Waals surface area (Å²) < 4.78 is 2.71. The summed E-state index contributed by atoms with van der Waals surface area (Å²) in [4.78, 5) is 32.2. The quantitative estimate of drug-likeness (QED) is 0.415. The molecule has 4 rings (SSSR count). The molecule has 0 fully saturated rings. The number of hydrogen-bond donors (Lipinski definition) is 1. The highest BCUT2D eigenvalue weighted by atomic mass is 79.9. The standard InChI is InChI=1S/C25H23BrN4O2/c1-17(27-25(32)18-9-8-10-19(26)15-18)24-28-21-13-6-7-14-22(21)30(24)16-23(31)29(2)20-11-4-3-5-12-20/h3-15,17H,16H2,1-2H3,(H,27,32). The fourth-order valence-corrected chi connectivity index (χ4v) is 4.00. The van der Waals surface area contributed by atoms with E-state index in [4.69, 9.17) is 4.98 Å². The lowest BCUT2D eigenvalue weighted by molar-refractivity contribution is -0.118. The zero-order valence-corrected chi connectivity index (χ0v) is 19.4. The molecule has 1 heterocycles. The molecule has 0 aliphatic rings. The number of aromatic nitrogens is 2. The predicted molar refractivity (Wildman–Crippen MR) is 130 cm³/mol. The first-order valence-corrected chi connectivity index (χ1v) is 11.1. The second kappa shape index (κ2) is 9.36. The van der Waals surface area contributed by atoms with Gasteiger partial charge >= 0.3 is 0 Å². The maximum absolute atomic E-state index is 13.1. The van der Waals surface area contributed by atoms with Crippen LogP contribution in [-0.2, 0) is 11.3 Å². The van der Waals surface area contributed by atoms with Crippen LogP contribution in [-0.4, -0.2) is 28.4 Å². The number of carbonyl (C=O) groups is 2. The molecule has 0 radical (unpaired) electrons. The highest BCUT2D eigenvalue weighted by Crippen LogP contribution is 2.22. The lowest BCUT2D eigenvalue weighted by Gasteiger charge is -2.20. The molecule has 32 heavy (non-hydrogen) atoms. The minimum atomic E-state index is -0.399. The van der Waals surface area contributed by atoms with Crippen molar-refractivity contribution in [3.8, 4) is 0 Å². The van der Waals surface area contributed by atoms with Crippen LogP contribution < -0.4 is 10.2 Å². The van der Waals surface area contributed by atoms with Crippen LogP contribution >= 0.6 is 15.9 Å². The topological polar surface area (TPSA) is 67.2 Å². The summed E-state index contributed by atoms with van der Waals surface area (Å²) in [7, 11) is 1.76. The number of halogens is 1. The van der Waals surface area contributed by atoms with Crippen LogP contribution in [0.4, 0.5) is 5.69 Å². The lowest BCUT2D eigenvalue weighted by atomic mass is 10.2. The van der Waals surface area contributed by atoms with Crippen LogP contribution in [0.5, 0.6) is 0 Å². The number of anilines is 1. The van der Waals surface area contributed by atoms with Gasteiger partial charge in [-0.2, -0.15) is 0 Å². The molecular weight excluding hydrogens is 468 g/mol. The van der Waals surface area contributed by atoms with Gasteiger partial charge in [-0.3, -0.25) is 9.59 Å². The lowest BCUT2D eigenvalue weighted by Crippen LogP contribution is -2.33. The van der Waals surface area contributed by atoms with Gasteiger partial charge in [-0.25, -0.2) is 4.98 Å². The van der Waals surface area contributed by atoms with Crippen molar-refractivity contribution in [2.45, 2.75) is 19.5 Å². The van der Waals surface area contributed by atoms with Gasteiger partial charge in [0, 0.05) is 22.8 Å². The molecule has 0 saturated heterocycles. The molecule has 6 nitrogen and oxygen atoms in total. The predicted octanol–water partition coefficient (Wildman–Crippen LogP) is 4.95. The van der Waals surface area contributed by atoms with E-state index in [0.717, 1.165) is 21.2 Å². The first kappa shape index (κ1) is 21.8. The summed E-state index contributed by atoms with van der Waals surface area (Å²) in [5.41, 5.74) is 3.00. The van der Waals surface area contributed by atoms with E-state index < -0.39 is 6.04 Å². The largest absolute Gasteiger partial charge is 0.342 e. The van der Waals surface area contributed by atoms with Crippen LogP contribution in [0, 0.1) is 0 Å². The molecule has 0 spiro atoms. The molecule has 1 N–H and O–H groups in total. The van der Waals surface area contributed by atoms with Crippen molar-refractivity contribution >= 4 is 44.5 Å². The summed E-state index contributed by atoms with van der Waals surface area (Å²) in [5.74, 6) is 0.348. The monoisotopic (exact) mass is 490 g/mol. The minimum Gasteiger partial charge on any atom is -0.342 e. The van der Waals surface area contributed by atoms with Gasteiger partial charge in [-0.1, -0.05) is 52.3 Å². The molecule has 4 aromatic rings. The van der Waals surface area contributed by atoms with E-state index in [1.54, 1.807) is 24.1 Å². The fourth-order valence-electron chi connectivity index (χ4n) is 3.60. The average molecular weight is 491 g/mol. The molecule has 0 bridgehead atoms. The third-order valence-electron chi connectivity index (χ3n) is 5.32. The Morgan fingerprint density at radius 3 is 2.50 bits per heavy atom. The molecule has 1 aromatic heterocycles. The van der Waals surface area contributed by atoms with Gasteiger partial charge in [-0.15, -0.1) is 0 Å². The van der Waals surface area contributed by atoms with Crippen molar-refractivity contribution in [2.75, 3.05) is 11.9 Å². The number of fused-ring (bicyclic) bond motifs is 1. The second-order valence-electron chi connectivity index (χ2n) is 7.54. The summed E-state index contributed by atoms with van der Waals surface area (Å²) in [6.45, 7) is 1.98. The molecule has 7 heteroatoms. The Morgan fingerprint density at radius 2 is 1.75 bits per heavy atom. The van der Waals surface area contributed by atoms with Gasteiger partial charge in [0.05, 0.1) is 17.1 Å². The van der Waals surface area contributed by atoms with Gasteiger partial charge in [0.1, 0.15) is 12.4 Å². The van der Waals surface area contributed by atoms with Crippen molar-refractivity contribution < 1.29 is 9.59 Å². The SMILES string of the molecule is CC(NC(=O)c1cccc(Br)c1)c1nc2ccccc2n1CC(=O)N(C)c1ccccc1. The van der Waals surface area contributed by atoms with E-state index in [1.165, 1.54) is 0 Å². The Balaban J connectivity index is 1.62. The van der Waals surface area contributed by atoms with Gasteiger partial charge in [0.25, 0.3) is 5.91 Å². The smallest absolute Gasteiger partial charge is 0.251 e. The Bertz CT molecular complexity index is 1270. The Morgan fingerprint density at radius 1 is 1.03 bits per heavy atom. The van der Waals surface area contributed by atoms with Crippen LogP contribution in [0.2, 0.25) is 0 Å². The van der Waals surface area contributed by atoms with E-state index in [9.17, 15) is 9.59 Å². The van der Waals surface area contributed by atoms with Crippen LogP contribution in [0.25, 0.3) is 11.0 Å². The van der Waals surface area contributed by atoms with Gasteiger partial charge in [-0.05, 0) is 49.4 Å². The third kappa shape index (κ3) is 4.57. The fraction of sp³-hybridized carbons (Fsp3) is 0.160. The van der Waals surface area contributed by atoms with Gasteiger partial charge < -0.3 is 14.8 Å². The zero-order valence-electron chi connectivity index (χ0n) is 17.8. The molecule has 0 aliphatic carbocycles. The molecule has 1 unspecified atom stereocenters. The van der Waals surface area contributed by atoms with Crippen molar-refractivity contribution in [1.82, 2.24) is 14.9 Å². The second-order valence-corrected chi connectivity index (χ2v) is 8.45. The summed E-state index contributed by atoms with van der Waals surface area (Å²) in [5, 5.41) is 3.01. The van der Waals surface area contributed by atoms with Crippen molar-refractivity contribution in [3.05, 3.63) is 94.7 Å². The average Bonchev–Trinajstić information content (AvgIpc) is 3.17. The molecule has 1 atom stereocenters. The number of imidazole rings is 1. The molecule has 0 aliphatic heterocycles. The Kier molecular flexibility index (Phi) is 6.37. The van der Waals surface area contributed by atoms with Crippen molar-refractivity contribution in [3.63, 3.8) is 0 Å². The van der Waals surface area contributed by atoms with Crippen molar-refractivity contribution in [1.29, 1.82) is 0 Å². The zero-order chi connectivity index (χ0) is 22.7. The normalized spacial score (nSPS) is 11.8. The molecule has 0 saturated carbocycles. The number of rotatable bonds is 6. The van der Waals surface area contributed by atoms with Crippen LogP contribution in [0.1, 0.15) is 29.1 Å². The number of amides is 2. The number of carbonyl (C=O) groups excluding carboxylic acids is 2. The van der Waals surface area contributed by atoms with Crippen LogP contribution in [0.15, 0.2) is 83.3 Å². The summed E-state index contributed by atoms with van der Waals surface area (Å²) >= 11 is 3.40. The number of benzene rings is 3. The molecule has 2 amide bonds. The van der Waals surface area contributed by atoms with Gasteiger partial charge in [0.15, 0.2) is 0 Å². The first-order chi connectivity index (χ1) is 15.4. The highest BCUT2D eigenvalue weighted by Gasteiger charge is 2.22. The van der Waals surface area contributed by atoms with E-state index >= 15 is 0 Å². The number of nitrogens with zero attached hydrogens (tertiary/aromatic N) is 3. The molecule has 162 valence electrons. The van der Waals surface area contributed by atoms with E-state index in [0.29, 0.717) is 11.4 Å². The molecular formula is C25H23BrN4O2.